The predicted molar refractivity (Wildman–Crippen MR) is 126 cm³/mol. The van der Waals surface area contributed by atoms with Gasteiger partial charge in [0.05, 0.1) is 5.69 Å². The van der Waals surface area contributed by atoms with Crippen LogP contribution in [0.3, 0.4) is 0 Å². The molecule has 0 bridgehead atoms. The Bertz CT molecular complexity index is 1210. The number of anilines is 1. The van der Waals surface area contributed by atoms with E-state index in [4.69, 9.17) is 12.2 Å². The summed E-state index contributed by atoms with van der Waals surface area (Å²) in [5, 5.41) is 2.72. The SMILES string of the molecule is Cc1cc(C)cc(N2C(=O)/C(=C/c3cccn3-c3cccc(Br)c3)C(=O)NC2=S)c1. The van der Waals surface area contributed by atoms with Crippen LogP contribution in [0.2, 0.25) is 0 Å². The Kier molecular flexibility index (Phi) is 5.40. The predicted octanol–water partition coefficient (Wildman–Crippen LogP) is 4.69. The topological polar surface area (TPSA) is 54.3 Å². The maximum atomic E-state index is 13.3. The maximum Gasteiger partial charge on any atom is 0.270 e. The smallest absolute Gasteiger partial charge is 0.270 e. The van der Waals surface area contributed by atoms with Crippen molar-refractivity contribution < 1.29 is 9.59 Å². The molecule has 7 heteroatoms. The van der Waals surface area contributed by atoms with Crippen molar-refractivity contribution in [3.8, 4) is 5.69 Å². The van der Waals surface area contributed by atoms with Gasteiger partial charge in [-0.05, 0) is 85.7 Å². The number of halogens is 1. The lowest BCUT2D eigenvalue weighted by atomic mass is 10.1. The average Bonchev–Trinajstić information content (AvgIpc) is 3.12. The summed E-state index contributed by atoms with van der Waals surface area (Å²) in [6.45, 7) is 3.91. The number of carbonyl (C=O) groups is 2. The Labute approximate surface area is 188 Å². The summed E-state index contributed by atoms with van der Waals surface area (Å²) in [5.74, 6) is -0.955. The number of carbonyl (C=O) groups excluding carboxylic acids is 2. The lowest BCUT2D eigenvalue weighted by Gasteiger charge is -2.29. The molecule has 1 fully saturated rings. The molecule has 2 aromatic carbocycles. The van der Waals surface area contributed by atoms with Gasteiger partial charge in [0.25, 0.3) is 11.8 Å². The molecule has 0 aliphatic carbocycles. The monoisotopic (exact) mass is 479 g/mol. The number of hydrogen-bond acceptors (Lipinski definition) is 3. The molecule has 3 aromatic rings. The quantitative estimate of drug-likeness (QED) is 0.336. The van der Waals surface area contributed by atoms with E-state index in [1.54, 1.807) is 6.08 Å². The number of amides is 2. The molecule has 0 saturated carbocycles. The summed E-state index contributed by atoms with van der Waals surface area (Å²) in [5.41, 5.74) is 4.29. The van der Waals surface area contributed by atoms with Gasteiger partial charge in [-0.2, -0.15) is 0 Å². The Balaban J connectivity index is 1.77. The lowest BCUT2D eigenvalue weighted by molar-refractivity contribution is -0.122. The largest absolute Gasteiger partial charge is 0.317 e. The molecule has 1 aliphatic rings. The first-order valence-electron chi connectivity index (χ1n) is 9.26. The molecule has 0 atom stereocenters. The van der Waals surface area contributed by atoms with E-state index in [1.165, 1.54) is 4.90 Å². The zero-order valence-electron chi connectivity index (χ0n) is 16.3. The highest BCUT2D eigenvalue weighted by Gasteiger charge is 2.34. The van der Waals surface area contributed by atoms with Gasteiger partial charge in [0.1, 0.15) is 5.57 Å². The molecule has 1 aromatic heterocycles. The molecular weight excluding hydrogens is 462 g/mol. The molecule has 1 N–H and O–H groups in total. The normalized spacial score (nSPS) is 15.6. The molecule has 5 nitrogen and oxygen atoms in total. The minimum atomic E-state index is -0.507. The molecule has 4 rings (SSSR count). The van der Waals surface area contributed by atoms with Gasteiger partial charge in [-0.15, -0.1) is 0 Å². The lowest BCUT2D eigenvalue weighted by Crippen LogP contribution is -2.54. The molecule has 1 aliphatic heterocycles. The van der Waals surface area contributed by atoms with Crippen LogP contribution in [0, 0.1) is 13.8 Å². The number of benzene rings is 2. The molecule has 0 unspecified atom stereocenters. The number of nitrogens with one attached hydrogen (secondary N) is 1. The van der Waals surface area contributed by atoms with Crippen LogP contribution in [0.4, 0.5) is 5.69 Å². The third kappa shape index (κ3) is 3.86. The van der Waals surface area contributed by atoms with Crippen LogP contribution in [-0.4, -0.2) is 21.5 Å². The molecular formula is C23H18BrN3O2S. The summed E-state index contributed by atoms with van der Waals surface area (Å²) in [6, 6.07) is 17.2. The summed E-state index contributed by atoms with van der Waals surface area (Å²) in [6.07, 6.45) is 3.47. The van der Waals surface area contributed by atoms with E-state index < -0.39 is 11.8 Å². The Morgan fingerprint density at radius 1 is 0.967 bits per heavy atom. The highest BCUT2D eigenvalue weighted by atomic mass is 79.9. The molecule has 2 amide bonds. The van der Waals surface area contributed by atoms with Crippen LogP contribution in [0.25, 0.3) is 11.8 Å². The maximum absolute atomic E-state index is 13.3. The highest BCUT2D eigenvalue weighted by molar-refractivity contribution is 9.10. The van der Waals surface area contributed by atoms with Crippen LogP contribution in [0.15, 0.2) is 70.8 Å². The molecule has 2 heterocycles. The van der Waals surface area contributed by atoms with Gasteiger partial charge >= 0.3 is 0 Å². The standard InChI is InChI=1S/C23H18BrN3O2S/c1-14-9-15(2)11-19(10-14)27-22(29)20(21(28)25-23(27)30)13-18-7-4-8-26(18)17-6-3-5-16(24)12-17/h3-13H,1-2H3,(H,25,28,30)/b20-13+. The Hall–Kier alpha value is -3.03. The third-order valence-electron chi connectivity index (χ3n) is 4.73. The summed E-state index contributed by atoms with van der Waals surface area (Å²) < 4.78 is 2.84. The first-order chi connectivity index (χ1) is 14.3. The minimum Gasteiger partial charge on any atom is -0.317 e. The second-order valence-electron chi connectivity index (χ2n) is 7.09. The highest BCUT2D eigenvalue weighted by Crippen LogP contribution is 2.25. The number of nitrogens with zero attached hydrogens (tertiary/aromatic N) is 2. The Morgan fingerprint density at radius 3 is 2.40 bits per heavy atom. The van der Waals surface area contributed by atoms with Crippen LogP contribution < -0.4 is 10.2 Å². The fourth-order valence-electron chi connectivity index (χ4n) is 3.49. The van der Waals surface area contributed by atoms with E-state index in [-0.39, 0.29) is 10.7 Å². The van der Waals surface area contributed by atoms with Crippen molar-refractivity contribution in [2.75, 3.05) is 4.90 Å². The van der Waals surface area contributed by atoms with Crippen molar-refractivity contribution in [2.45, 2.75) is 13.8 Å². The van der Waals surface area contributed by atoms with E-state index in [2.05, 4.69) is 21.2 Å². The third-order valence-corrected chi connectivity index (χ3v) is 5.50. The van der Waals surface area contributed by atoms with Gasteiger partial charge in [-0.25, -0.2) is 0 Å². The Morgan fingerprint density at radius 2 is 1.70 bits per heavy atom. The van der Waals surface area contributed by atoms with Crippen molar-refractivity contribution in [2.24, 2.45) is 0 Å². The van der Waals surface area contributed by atoms with Crippen LogP contribution in [0.5, 0.6) is 0 Å². The van der Waals surface area contributed by atoms with Crippen molar-refractivity contribution in [3.05, 3.63) is 87.7 Å². The molecule has 0 radical (unpaired) electrons. The minimum absolute atomic E-state index is 0.0257. The van der Waals surface area contributed by atoms with Gasteiger partial charge in [0, 0.05) is 22.1 Å². The van der Waals surface area contributed by atoms with E-state index in [0.717, 1.165) is 21.3 Å². The molecule has 1 saturated heterocycles. The fourth-order valence-corrected chi connectivity index (χ4v) is 4.16. The van der Waals surface area contributed by atoms with Gasteiger partial charge in [-0.1, -0.05) is 28.1 Å². The fraction of sp³-hybridized carbons (Fsp3) is 0.0870. The van der Waals surface area contributed by atoms with E-state index in [0.29, 0.717) is 11.4 Å². The second-order valence-corrected chi connectivity index (χ2v) is 8.39. The number of hydrogen-bond donors (Lipinski definition) is 1. The number of aryl methyl sites for hydroxylation is 2. The summed E-state index contributed by atoms with van der Waals surface area (Å²) >= 11 is 8.78. The van der Waals surface area contributed by atoms with E-state index in [1.807, 2.05) is 79.2 Å². The zero-order chi connectivity index (χ0) is 21.4. The van der Waals surface area contributed by atoms with Crippen molar-refractivity contribution in [1.82, 2.24) is 9.88 Å². The molecule has 150 valence electrons. The molecule has 30 heavy (non-hydrogen) atoms. The average molecular weight is 480 g/mol. The summed E-state index contributed by atoms with van der Waals surface area (Å²) in [7, 11) is 0. The van der Waals surface area contributed by atoms with Gasteiger partial charge in [0.15, 0.2) is 5.11 Å². The van der Waals surface area contributed by atoms with Crippen LogP contribution >= 0.6 is 28.1 Å². The van der Waals surface area contributed by atoms with Crippen molar-refractivity contribution in [3.63, 3.8) is 0 Å². The zero-order valence-corrected chi connectivity index (χ0v) is 18.8. The van der Waals surface area contributed by atoms with Crippen LogP contribution in [-0.2, 0) is 9.59 Å². The first-order valence-corrected chi connectivity index (χ1v) is 10.5. The number of aromatic nitrogens is 1. The number of thiocarbonyl (C=S) groups is 1. The van der Waals surface area contributed by atoms with Gasteiger partial charge in [0.2, 0.25) is 0 Å². The summed E-state index contributed by atoms with van der Waals surface area (Å²) in [4.78, 5) is 27.3. The van der Waals surface area contributed by atoms with Gasteiger partial charge < -0.3 is 4.57 Å². The first kappa shape index (κ1) is 20.3. The van der Waals surface area contributed by atoms with Crippen molar-refractivity contribution >= 4 is 56.8 Å². The second kappa shape index (κ2) is 8.01. The number of rotatable bonds is 3. The van der Waals surface area contributed by atoms with E-state index in [9.17, 15) is 9.59 Å². The van der Waals surface area contributed by atoms with Gasteiger partial charge in [-0.3, -0.25) is 19.8 Å². The van der Waals surface area contributed by atoms with Crippen molar-refractivity contribution in [1.29, 1.82) is 0 Å². The van der Waals surface area contributed by atoms with Crippen LogP contribution in [0.1, 0.15) is 16.8 Å². The van der Waals surface area contributed by atoms with E-state index >= 15 is 0 Å². The molecule has 0 spiro atoms.